The Labute approximate surface area is 150 Å². The summed E-state index contributed by atoms with van der Waals surface area (Å²) in [5.41, 5.74) is 1.21. The molecular formula is C19H29N5O. The molecule has 0 aliphatic heterocycles. The lowest BCUT2D eigenvalue weighted by molar-refractivity contribution is 0.318. The molecule has 1 aromatic carbocycles. The molecule has 0 saturated heterocycles. The molecule has 2 rings (SSSR count). The third-order valence-electron chi connectivity index (χ3n) is 3.84. The van der Waals surface area contributed by atoms with Crippen LogP contribution < -0.4 is 10.6 Å². The molecule has 6 heteroatoms. The van der Waals surface area contributed by atoms with Gasteiger partial charge >= 0.3 is 0 Å². The highest BCUT2D eigenvalue weighted by atomic mass is 16.5. The zero-order chi connectivity index (χ0) is 18.3. The lowest BCUT2D eigenvalue weighted by Gasteiger charge is -2.17. The Morgan fingerprint density at radius 1 is 1.24 bits per heavy atom. The summed E-state index contributed by atoms with van der Waals surface area (Å²) in [7, 11) is 1.76. The van der Waals surface area contributed by atoms with Crippen molar-refractivity contribution >= 4 is 5.96 Å². The molecule has 2 N–H and O–H groups in total. The van der Waals surface area contributed by atoms with E-state index in [0.717, 1.165) is 18.8 Å². The minimum Gasteiger partial charge on any atom is -0.354 e. The molecule has 6 nitrogen and oxygen atoms in total. The van der Waals surface area contributed by atoms with Gasteiger partial charge in [0.25, 0.3) is 0 Å². The topological polar surface area (TPSA) is 75.3 Å². The standard InChI is InChI=1S/C19H29N5O/c1-14(11-12-15-9-7-6-8-10-15)22-18(20-5)21-13-16-23-17(25-24-16)19(2,3)4/h6-10,14H,11-13H2,1-5H3,(H2,20,21,22). The van der Waals surface area contributed by atoms with Crippen LogP contribution in [0, 0.1) is 0 Å². The average Bonchev–Trinajstić information content (AvgIpc) is 3.07. The first-order valence-electron chi connectivity index (χ1n) is 8.72. The lowest BCUT2D eigenvalue weighted by Crippen LogP contribution is -2.42. The maximum Gasteiger partial charge on any atom is 0.232 e. The molecule has 1 unspecified atom stereocenters. The Morgan fingerprint density at radius 3 is 2.56 bits per heavy atom. The van der Waals surface area contributed by atoms with Crippen LogP contribution in [0.5, 0.6) is 0 Å². The van der Waals surface area contributed by atoms with Gasteiger partial charge < -0.3 is 15.2 Å². The van der Waals surface area contributed by atoms with Crippen LogP contribution in [0.3, 0.4) is 0 Å². The van der Waals surface area contributed by atoms with Crippen molar-refractivity contribution in [2.75, 3.05) is 7.05 Å². The summed E-state index contributed by atoms with van der Waals surface area (Å²) >= 11 is 0. The van der Waals surface area contributed by atoms with Gasteiger partial charge in [0, 0.05) is 18.5 Å². The Bertz CT molecular complexity index is 673. The molecule has 25 heavy (non-hydrogen) atoms. The van der Waals surface area contributed by atoms with Gasteiger partial charge in [0.05, 0.1) is 6.54 Å². The second kappa shape index (κ2) is 8.65. The molecular weight excluding hydrogens is 314 g/mol. The molecule has 0 saturated carbocycles. The number of aliphatic imine (C=N–C) groups is 1. The summed E-state index contributed by atoms with van der Waals surface area (Å²) in [6, 6.07) is 10.8. The molecule has 0 bridgehead atoms. The van der Waals surface area contributed by atoms with Gasteiger partial charge in [-0.15, -0.1) is 0 Å². The monoisotopic (exact) mass is 343 g/mol. The number of nitrogens with zero attached hydrogens (tertiary/aromatic N) is 3. The highest BCUT2D eigenvalue weighted by Crippen LogP contribution is 2.19. The van der Waals surface area contributed by atoms with Crippen LogP contribution in [0.15, 0.2) is 39.8 Å². The average molecular weight is 343 g/mol. The summed E-state index contributed by atoms with van der Waals surface area (Å²) < 4.78 is 5.30. The highest BCUT2D eigenvalue weighted by molar-refractivity contribution is 5.79. The number of aryl methyl sites for hydroxylation is 1. The third-order valence-corrected chi connectivity index (χ3v) is 3.84. The molecule has 1 heterocycles. The van der Waals surface area contributed by atoms with Crippen molar-refractivity contribution in [3.8, 4) is 0 Å². The fraction of sp³-hybridized carbons (Fsp3) is 0.526. The van der Waals surface area contributed by atoms with Crippen LogP contribution in [-0.4, -0.2) is 29.2 Å². The van der Waals surface area contributed by atoms with Crippen LogP contribution in [0.1, 0.15) is 51.4 Å². The van der Waals surface area contributed by atoms with Crippen LogP contribution in [-0.2, 0) is 18.4 Å². The van der Waals surface area contributed by atoms with E-state index in [0.29, 0.717) is 24.3 Å². The fourth-order valence-corrected chi connectivity index (χ4v) is 2.32. The first-order chi connectivity index (χ1) is 11.9. The Balaban J connectivity index is 1.79. The lowest BCUT2D eigenvalue weighted by atomic mass is 9.97. The van der Waals surface area contributed by atoms with Gasteiger partial charge in [-0.1, -0.05) is 56.3 Å². The van der Waals surface area contributed by atoms with Crippen LogP contribution >= 0.6 is 0 Å². The predicted molar refractivity (Wildman–Crippen MR) is 101 cm³/mol. The van der Waals surface area contributed by atoms with Crippen molar-refractivity contribution in [2.45, 2.75) is 58.5 Å². The maximum absolute atomic E-state index is 5.30. The molecule has 0 amide bonds. The van der Waals surface area contributed by atoms with E-state index in [1.54, 1.807) is 7.05 Å². The van der Waals surface area contributed by atoms with Gasteiger partial charge in [0.2, 0.25) is 5.89 Å². The largest absolute Gasteiger partial charge is 0.354 e. The Kier molecular flexibility index (Phi) is 6.56. The molecule has 1 atom stereocenters. The number of hydrogen-bond acceptors (Lipinski definition) is 4. The molecule has 2 aromatic rings. The van der Waals surface area contributed by atoms with Crippen molar-refractivity contribution in [3.63, 3.8) is 0 Å². The maximum atomic E-state index is 5.30. The van der Waals surface area contributed by atoms with E-state index in [9.17, 15) is 0 Å². The third kappa shape index (κ3) is 6.21. The Morgan fingerprint density at radius 2 is 1.96 bits per heavy atom. The van der Waals surface area contributed by atoms with Crippen molar-refractivity contribution in [1.82, 2.24) is 20.8 Å². The molecule has 0 aliphatic carbocycles. The van der Waals surface area contributed by atoms with E-state index in [4.69, 9.17) is 4.52 Å². The minimum absolute atomic E-state index is 0.142. The van der Waals surface area contributed by atoms with Gasteiger partial charge in [0.15, 0.2) is 11.8 Å². The Hall–Kier alpha value is -2.37. The number of hydrogen-bond donors (Lipinski definition) is 2. The summed E-state index contributed by atoms with van der Waals surface area (Å²) in [4.78, 5) is 8.68. The van der Waals surface area contributed by atoms with E-state index in [1.807, 2.05) is 26.8 Å². The van der Waals surface area contributed by atoms with E-state index in [-0.39, 0.29) is 5.41 Å². The zero-order valence-electron chi connectivity index (χ0n) is 15.8. The molecule has 0 fully saturated rings. The van der Waals surface area contributed by atoms with Gasteiger partial charge in [-0.25, -0.2) is 0 Å². The van der Waals surface area contributed by atoms with Crippen LogP contribution in [0.2, 0.25) is 0 Å². The van der Waals surface area contributed by atoms with Gasteiger partial charge in [0.1, 0.15) is 0 Å². The van der Waals surface area contributed by atoms with Gasteiger partial charge in [-0.2, -0.15) is 4.98 Å². The molecule has 0 radical (unpaired) electrons. The second-order valence-electron chi connectivity index (χ2n) is 7.26. The summed E-state index contributed by atoms with van der Waals surface area (Å²) in [6.07, 6.45) is 2.06. The van der Waals surface area contributed by atoms with Crippen molar-refractivity contribution in [2.24, 2.45) is 4.99 Å². The zero-order valence-corrected chi connectivity index (χ0v) is 15.8. The molecule has 0 aliphatic rings. The number of rotatable bonds is 6. The second-order valence-corrected chi connectivity index (χ2v) is 7.26. The SMILES string of the molecule is CN=C(NCc1noc(C(C)(C)C)n1)NC(C)CCc1ccccc1. The number of aromatic nitrogens is 2. The molecule has 136 valence electrons. The smallest absolute Gasteiger partial charge is 0.232 e. The van der Waals surface area contributed by atoms with E-state index < -0.39 is 0 Å². The van der Waals surface area contributed by atoms with Crippen molar-refractivity contribution < 1.29 is 4.52 Å². The van der Waals surface area contributed by atoms with Crippen LogP contribution in [0.25, 0.3) is 0 Å². The van der Waals surface area contributed by atoms with Crippen molar-refractivity contribution in [3.05, 3.63) is 47.6 Å². The highest BCUT2D eigenvalue weighted by Gasteiger charge is 2.21. The number of benzene rings is 1. The van der Waals surface area contributed by atoms with Crippen molar-refractivity contribution in [1.29, 1.82) is 0 Å². The normalized spacial score (nSPS) is 13.6. The van der Waals surface area contributed by atoms with E-state index in [2.05, 4.69) is 57.0 Å². The quantitative estimate of drug-likeness (QED) is 0.623. The minimum atomic E-state index is -0.142. The first-order valence-corrected chi connectivity index (χ1v) is 8.72. The van der Waals surface area contributed by atoms with E-state index in [1.165, 1.54) is 5.56 Å². The number of guanidine groups is 1. The summed E-state index contributed by atoms with van der Waals surface area (Å²) in [6.45, 7) is 8.78. The molecule has 0 spiro atoms. The first kappa shape index (κ1) is 19.0. The number of nitrogens with one attached hydrogen (secondary N) is 2. The molecule has 1 aromatic heterocycles. The predicted octanol–water partition coefficient (Wildman–Crippen LogP) is 3.05. The fourth-order valence-electron chi connectivity index (χ4n) is 2.32. The van der Waals surface area contributed by atoms with Crippen LogP contribution in [0.4, 0.5) is 0 Å². The van der Waals surface area contributed by atoms with Gasteiger partial charge in [-0.3, -0.25) is 4.99 Å². The summed E-state index contributed by atoms with van der Waals surface area (Å²) in [5, 5.41) is 10.6. The van der Waals surface area contributed by atoms with E-state index >= 15 is 0 Å². The van der Waals surface area contributed by atoms with Gasteiger partial charge in [-0.05, 0) is 25.3 Å². The summed E-state index contributed by atoms with van der Waals surface area (Å²) in [5.74, 6) is 2.01.